The number of rotatable bonds is 6. The highest BCUT2D eigenvalue weighted by atomic mass is 35.5. The fourth-order valence-corrected chi connectivity index (χ4v) is 2.58. The Morgan fingerprint density at radius 1 is 1.50 bits per heavy atom. The van der Waals surface area contributed by atoms with Gasteiger partial charge in [0.2, 0.25) is 5.91 Å². The van der Waals surface area contributed by atoms with Crippen LogP contribution in [0.15, 0.2) is 0 Å². The zero-order valence-electron chi connectivity index (χ0n) is 10.2. The maximum atomic E-state index is 11.9. The normalized spacial score (nSPS) is 18.7. The molecule has 0 spiro atoms. The van der Waals surface area contributed by atoms with Crippen molar-refractivity contribution in [2.24, 2.45) is 5.92 Å². The highest BCUT2D eigenvalue weighted by Crippen LogP contribution is 2.27. The molecule has 3 nitrogen and oxygen atoms in total. The van der Waals surface area contributed by atoms with Crippen molar-refractivity contribution in [3.63, 3.8) is 0 Å². The van der Waals surface area contributed by atoms with Crippen LogP contribution in [0.4, 0.5) is 0 Å². The van der Waals surface area contributed by atoms with Gasteiger partial charge in [0.05, 0.1) is 12.0 Å². The van der Waals surface area contributed by atoms with Crippen LogP contribution in [-0.4, -0.2) is 43.5 Å². The van der Waals surface area contributed by atoms with E-state index in [2.05, 4.69) is 0 Å². The molecule has 1 saturated carbocycles. The molecule has 0 aromatic rings. The monoisotopic (exact) mass is 247 g/mol. The Labute approximate surface area is 103 Å². The van der Waals surface area contributed by atoms with Crippen LogP contribution >= 0.6 is 11.6 Å². The molecule has 1 atom stereocenters. The number of hydrogen-bond donors (Lipinski definition) is 0. The maximum Gasteiger partial charge on any atom is 0.222 e. The second-order valence-electron chi connectivity index (χ2n) is 4.68. The van der Waals surface area contributed by atoms with Crippen LogP contribution in [0.5, 0.6) is 0 Å². The number of alkyl halides is 1. The predicted octanol–water partition coefficient (Wildman–Crippen LogP) is 2.28. The van der Waals surface area contributed by atoms with Crippen molar-refractivity contribution >= 4 is 17.5 Å². The molecular formula is C12H22ClNO2. The van der Waals surface area contributed by atoms with E-state index < -0.39 is 0 Å². The van der Waals surface area contributed by atoms with Gasteiger partial charge in [-0.05, 0) is 18.8 Å². The SMILES string of the molecule is COCC(Cl)CN(C)C(=O)CC1CCCC1. The number of amides is 1. The van der Waals surface area contributed by atoms with Gasteiger partial charge in [0, 0.05) is 27.1 Å². The first kappa shape index (κ1) is 13.8. The second-order valence-corrected chi connectivity index (χ2v) is 5.30. The van der Waals surface area contributed by atoms with Crippen LogP contribution in [0, 0.1) is 5.92 Å². The standard InChI is InChI=1S/C12H22ClNO2/c1-14(8-11(13)9-16-2)12(15)7-10-5-3-4-6-10/h10-11H,3-9H2,1-2H3. The smallest absolute Gasteiger partial charge is 0.222 e. The van der Waals surface area contributed by atoms with Gasteiger partial charge in [0.1, 0.15) is 0 Å². The molecule has 0 aromatic heterocycles. The van der Waals surface area contributed by atoms with Crippen LogP contribution in [-0.2, 0) is 9.53 Å². The number of carbonyl (C=O) groups is 1. The van der Waals surface area contributed by atoms with Crippen molar-refractivity contribution in [1.82, 2.24) is 4.90 Å². The highest BCUT2D eigenvalue weighted by molar-refractivity contribution is 6.21. The molecule has 16 heavy (non-hydrogen) atoms. The van der Waals surface area contributed by atoms with Gasteiger partial charge in [-0.25, -0.2) is 0 Å². The number of nitrogens with zero attached hydrogens (tertiary/aromatic N) is 1. The predicted molar refractivity (Wildman–Crippen MR) is 65.7 cm³/mol. The van der Waals surface area contributed by atoms with E-state index in [-0.39, 0.29) is 11.3 Å². The summed E-state index contributed by atoms with van der Waals surface area (Å²) in [7, 11) is 3.44. The average Bonchev–Trinajstić information content (AvgIpc) is 2.70. The molecule has 0 N–H and O–H groups in total. The van der Waals surface area contributed by atoms with Crippen molar-refractivity contribution in [2.75, 3.05) is 27.3 Å². The number of hydrogen-bond acceptors (Lipinski definition) is 2. The van der Waals surface area contributed by atoms with E-state index in [1.807, 2.05) is 7.05 Å². The molecule has 1 aliphatic rings. The zero-order chi connectivity index (χ0) is 12.0. The summed E-state index contributed by atoms with van der Waals surface area (Å²) in [6.45, 7) is 1.06. The summed E-state index contributed by atoms with van der Waals surface area (Å²) < 4.78 is 4.95. The lowest BCUT2D eigenvalue weighted by Crippen LogP contribution is -2.34. The molecule has 1 rings (SSSR count). The van der Waals surface area contributed by atoms with Crippen LogP contribution < -0.4 is 0 Å². The third-order valence-corrected chi connectivity index (χ3v) is 3.45. The van der Waals surface area contributed by atoms with E-state index >= 15 is 0 Å². The zero-order valence-corrected chi connectivity index (χ0v) is 11.0. The molecule has 0 radical (unpaired) electrons. The molecule has 0 saturated heterocycles. The molecular weight excluding hydrogens is 226 g/mol. The molecule has 94 valence electrons. The molecule has 0 aromatic carbocycles. The molecule has 0 aliphatic heterocycles. The fraction of sp³-hybridized carbons (Fsp3) is 0.917. The summed E-state index contributed by atoms with van der Waals surface area (Å²) in [4.78, 5) is 13.6. The Hall–Kier alpha value is -0.280. The van der Waals surface area contributed by atoms with E-state index in [1.54, 1.807) is 12.0 Å². The highest BCUT2D eigenvalue weighted by Gasteiger charge is 2.21. The fourth-order valence-electron chi connectivity index (χ4n) is 2.25. The quantitative estimate of drug-likeness (QED) is 0.674. The first-order valence-electron chi connectivity index (χ1n) is 6.00. The van der Waals surface area contributed by atoms with Crippen LogP contribution in [0.2, 0.25) is 0 Å². The second kappa shape index (κ2) is 7.13. The summed E-state index contributed by atoms with van der Waals surface area (Å²) in [5, 5.41) is -0.109. The first-order valence-corrected chi connectivity index (χ1v) is 6.44. The summed E-state index contributed by atoms with van der Waals surface area (Å²) in [5.41, 5.74) is 0. The van der Waals surface area contributed by atoms with Crippen LogP contribution in [0.25, 0.3) is 0 Å². The lowest BCUT2D eigenvalue weighted by atomic mass is 10.0. The maximum absolute atomic E-state index is 11.9. The molecule has 1 aliphatic carbocycles. The van der Waals surface area contributed by atoms with Gasteiger partial charge in [0.15, 0.2) is 0 Å². The minimum absolute atomic E-state index is 0.109. The largest absolute Gasteiger partial charge is 0.383 e. The molecule has 0 heterocycles. The lowest BCUT2D eigenvalue weighted by Gasteiger charge is -2.21. The van der Waals surface area contributed by atoms with Gasteiger partial charge in [-0.15, -0.1) is 11.6 Å². The van der Waals surface area contributed by atoms with Crippen molar-refractivity contribution in [3.8, 4) is 0 Å². The Morgan fingerprint density at radius 2 is 2.12 bits per heavy atom. The topological polar surface area (TPSA) is 29.5 Å². The molecule has 0 bridgehead atoms. The van der Waals surface area contributed by atoms with Gasteiger partial charge in [0.25, 0.3) is 0 Å². The number of methoxy groups -OCH3 is 1. The summed E-state index contributed by atoms with van der Waals surface area (Å²) in [6, 6.07) is 0. The molecule has 1 fully saturated rings. The summed E-state index contributed by atoms with van der Waals surface area (Å²) in [6.07, 6.45) is 5.67. The minimum Gasteiger partial charge on any atom is -0.383 e. The van der Waals surface area contributed by atoms with Crippen molar-refractivity contribution in [3.05, 3.63) is 0 Å². The van der Waals surface area contributed by atoms with Crippen molar-refractivity contribution in [2.45, 2.75) is 37.5 Å². The van der Waals surface area contributed by atoms with Crippen LogP contribution in [0.3, 0.4) is 0 Å². The summed E-state index contributed by atoms with van der Waals surface area (Å²) in [5.74, 6) is 0.819. The Bertz CT molecular complexity index is 217. The van der Waals surface area contributed by atoms with Gasteiger partial charge < -0.3 is 9.64 Å². The van der Waals surface area contributed by atoms with Gasteiger partial charge in [-0.2, -0.15) is 0 Å². The first-order chi connectivity index (χ1) is 7.63. The Morgan fingerprint density at radius 3 is 2.69 bits per heavy atom. The number of carbonyl (C=O) groups excluding carboxylic acids is 1. The number of halogens is 1. The number of ether oxygens (including phenoxy) is 1. The van der Waals surface area contributed by atoms with Crippen molar-refractivity contribution < 1.29 is 9.53 Å². The van der Waals surface area contributed by atoms with Gasteiger partial charge in [-0.3, -0.25) is 4.79 Å². The lowest BCUT2D eigenvalue weighted by molar-refractivity contribution is -0.130. The Balaban J connectivity index is 2.23. The van der Waals surface area contributed by atoms with E-state index in [0.717, 1.165) is 0 Å². The Kier molecular flexibility index (Phi) is 6.14. The van der Waals surface area contributed by atoms with E-state index in [9.17, 15) is 4.79 Å². The average molecular weight is 248 g/mol. The summed E-state index contributed by atoms with van der Waals surface area (Å²) >= 11 is 6.02. The van der Waals surface area contributed by atoms with E-state index in [1.165, 1.54) is 25.7 Å². The van der Waals surface area contributed by atoms with E-state index in [4.69, 9.17) is 16.3 Å². The third kappa shape index (κ3) is 4.71. The molecule has 4 heteroatoms. The van der Waals surface area contributed by atoms with E-state index in [0.29, 0.717) is 25.5 Å². The van der Waals surface area contributed by atoms with Gasteiger partial charge in [-0.1, -0.05) is 12.8 Å². The molecule has 1 unspecified atom stereocenters. The third-order valence-electron chi connectivity index (χ3n) is 3.18. The van der Waals surface area contributed by atoms with Crippen molar-refractivity contribution in [1.29, 1.82) is 0 Å². The molecule has 1 amide bonds. The minimum atomic E-state index is -0.109. The van der Waals surface area contributed by atoms with Crippen LogP contribution in [0.1, 0.15) is 32.1 Å². The van der Waals surface area contributed by atoms with Gasteiger partial charge >= 0.3 is 0 Å².